The van der Waals surface area contributed by atoms with Crippen LogP contribution in [0.15, 0.2) is 34.1 Å². The number of benzene rings is 1. The molecule has 3 rings (SSSR count). The minimum Gasteiger partial charge on any atom is -0.493 e. The van der Waals surface area contributed by atoms with Crippen molar-refractivity contribution in [2.24, 2.45) is 0 Å². The summed E-state index contributed by atoms with van der Waals surface area (Å²) in [7, 11) is 3.18. The molecule has 2 aromatic heterocycles. The first-order valence-electron chi connectivity index (χ1n) is 6.20. The van der Waals surface area contributed by atoms with E-state index in [1.807, 2.05) is 12.1 Å². The second-order valence-corrected chi connectivity index (χ2v) is 7.35. The average molecular weight is 385 g/mol. The molecule has 3 aromatic rings. The normalized spacial score (nSPS) is 12.6. The molecule has 1 aromatic carbocycles. The molecule has 1 N–H and O–H groups in total. The van der Waals surface area contributed by atoms with Crippen LogP contribution in [0.25, 0.3) is 9.40 Å². The zero-order chi connectivity index (χ0) is 15.0. The predicted octanol–water partition coefficient (Wildman–Crippen LogP) is 4.82. The van der Waals surface area contributed by atoms with Crippen molar-refractivity contribution in [3.05, 3.63) is 44.6 Å². The van der Waals surface area contributed by atoms with E-state index in [0.717, 1.165) is 14.9 Å². The maximum absolute atomic E-state index is 10.7. The first-order chi connectivity index (χ1) is 10.1. The van der Waals surface area contributed by atoms with E-state index in [2.05, 4.69) is 27.4 Å². The summed E-state index contributed by atoms with van der Waals surface area (Å²) in [5, 5.41) is 12.7. The lowest BCUT2D eigenvalue weighted by molar-refractivity contribution is 0.222. The predicted molar refractivity (Wildman–Crippen MR) is 91.0 cm³/mol. The van der Waals surface area contributed by atoms with Crippen LogP contribution in [0.2, 0.25) is 0 Å². The van der Waals surface area contributed by atoms with Crippen molar-refractivity contribution < 1.29 is 14.6 Å². The summed E-state index contributed by atoms with van der Waals surface area (Å²) >= 11 is 6.78. The molecule has 0 aliphatic rings. The molecule has 0 fully saturated rings. The Labute approximate surface area is 138 Å². The van der Waals surface area contributed by atoms with Gasteiger partial charge in [-0.15, -0.1) is 22.7 Å². The third kappa shape index (κ3) is 2.68. The van der Waals surface area contributed by atoms with Crippen molar-refractivity contribution in [3.63, 3.8) is 0 Å². The maximum Gasteiger partial charge on any atom is 0.161 e. The lowest BCUT2D eigenvalue weighted by Crippen LogP contribution is -2.00. The Balaban J connectivity index is 2.04. The van der Waals surface area contributed by atoms with Crippen LogP contribution in [0.1, 0.15) is 16.5 Å². The number of aliphatic hydroxyl groups excluding tert-OH is 1. The number of thiophene rings is 2. The van der Waals surface area contributed by atoms with Crippen molar-refractivity contribution in [2.45, 2.75) is 6.10 Å². The van der Waals surface area contributed by atoms with Gasteiger partial charge in [-0.1, -0.05) is 15.9 Å². The first-order valence-corrected chi connectivity index (χ1v) is 8.69. The van der Waals surface area contributed by atoms with Crippen molar-refractivity contribution in [1.29, 1.82) is 0 Å². The van der Waals surface area contributed by atoms with Crippen LogP contribution in [0.3, 0.4) is 0 Å². The van der Waals surface area contributed by atoms with Crippen molar-refractivity contribution in [1.82, 2.24) is 0 Å². The number of halogens is 1. The lowest BCUT2D eigenvalue weighted by atomic mass is 10.1. The molecule has 1 atom stereocenters. The first kappa shape index (κ1) is 14.8. The third-order valence-corrected chi connectivity index (χ3v) is 6.06. The molecule has 0 saturated heterocycles. The highest BCUT2D eigenvalue weighted by atomic mass is 79.9. The van der Waals surface area contributed by atoms with Gasteiger partial charge in [-0.2, -0.15) is 0 Å². The maximum atomic E-state index is 10.7. The van der Waals surface area contributed by atoms with Crippen LogP contribution in [0.4, 0.5) is 0 Å². The molecule has 0 bridgehead atoms. The number of methoxy groups -OCH3 is 2. The van der Waals surface area contributed by atoms with Gasteiger partial charge in [0.2, 0.25) is 0 Å². The molecular formula is C15H13BrO3S2. The standard InChI is InChI=1S/C15H13BrO3S2/c1-18-10-5-8(9(16)6-11(10)19-2)15(17)14-7-13-12(21-14)3-4-20-13/h3-7,15,17H,1-2H3. The Hall–Kier alpha value is -1.08. The van der Waals surface area contributed by atoms with Gasteiger partial charge in [0, 0.05) is 24.3 Å². The van der Waals surface area contributed by atoms with Crippen molar-refractivity contribution >= 4 is 48.0 Å². The van der Waals surface area contributed by atoms with Crippen LogP contribution in [0.5, 0.6) is 11.5 Å². The number of aliphatic hydroxyl groups is 1. The molecule has 110 valence electrons. The van der Waals surface area contributed by atoms with Gasteiger partial charge in [0.15, 0.2) is 11.5 Å². The van der Waals surface area contributed by atoms with Gasteiger partial charge in [-0.3, -0.25) is 0 Å². The minimum atomic E-state index is -0.691. The molecule has 3 nitrogen and oxygen atoms in total. The largest absolute Gasteiger partial charge is 0.493 e. The second-order valence-electron chi connectivity index (χ2n) is 4.43. The highest BCUT2D eigenvalue weighted by Gasteiger charge is 2.20. The zero-order valence-electron chi connectivity index (χ0n) is 11.4. The van der Waals surface area contributed by atoms with E-state index in [0.29, 0.717) is 11.5 Å². The summed E-state index contributed by atoms with van der Waals surface area (Å²) in [5.41, 5.74) is 0.765. The molecular weight excluding hydrogens is 372 g/mol. The zero-order valence-corrected chi connectivity index (χ0v) is 14.6. The fourth-order valence-corrected chi connectivity index (χ4v) is 4.82. The van der Waals surface area contributed by atoms with Crippen LogP contribution in [-0.4, -0.2) is 19.3 Å². The number of hydrogen-bond donors (Lipinski definition) is 1. The van der Waals surface area contributed by atoms with Gasteiger partial charge in [0.05, 0.1) is 14.2 Å². The van der Waals surface area contributed by atoms with Crippen molar-refractivity contribution in [3.8, 4) is 11.5 Å². The number of fused-ring (bicyclic) bond motifs is 1. The Morgan fingerprint density at radius 1 is 1.10 bits per heavy atom. The van der Waals surface area contributed by atoms with Crippen LogP contribution in [0, 0.1) is 0 Å². The Bertz CT molecular complexity index is 750. The van der Waals surface area contributed by atoms with Gasteiger partial charge >= 0.3 is 0 Å². The summed E-state index contributed by atoms with van der Waals surface area (Å²) in [6.07, 6.45) is -0.691. The van der Waals surface area contributed by atoms with Gasteiger partial charge < -0.3 is 14.6 Å². The number of rotatable bonds is 4. The average Bonchev–Trinajstić information content (AvgIpc) is 3.07. The highest BCUT2D eigenvalue weighted by Crippen LogP contribution is 2.41. The summed E-state index contributed by atoms with van der Waals surface area (Å²) in [6.45, 7) is 0. The SMILES string of the molecule is COc1cc(Br)c(C(O)c2cc3sccc3s2)cc1OC. The minimum absolute atomic E-state index is 0.605. The summed E-state index contributed by atoms with van der Waals surface area (Å²) in [6, 6.07) is 7.73. The van der Waals surface area contributed by atoms with E-state index in [-0.39, 0.29) is 0 Å². The Morgan fingerprint density at radius 3 is 2.48 bits per heavy atom. The van der Waals surface area contributed by atoms with E-state index in [1.54, 1.807) is 43.0 Å². The van der Waals surface area contributed by atoms with Crippen LogP contribution >= 0.6 is 38.6 Å². The second kappa shape index (κ2) is 5.96. The van der Waals surface area contributed by atoms with Crippen LogP contribution < -0.4 is 9.47 Å². The Morgan fingerprint density at radius 2 is 1.81 bits per heavy atom. The molecule has 1 unspecified atom stereocenters. The summed E-state index contributed by atoms with van der Waals surface area (Å²) in [4.78, 5) is 0.921. The van der Waals surface area contributed by atoms with E-state index >= 15 is 0 Å². The monoisotopic (exact) mass is 384 g/mol. The van der Waals surface area contributed by atoms with Crippen LogP contribution in [-0.2, 0) is 0 Å². The molecule has 0 saturated carbocycles. The molecule has 0 amide bonds. The topological polar surface area (TPSA) is 38.7 Å². The fraction of sp³-hybridized carbons (Fsp3) is 0.200. The summed E-state index contributed by atoms with van der Waals surface area (Å²) in [5.74, 6) is 1.24. The van der Waals surface area contributed by atoms with Gasteiger partial charge in [0.25, 0.3) is 0 Å². The van der Waals surface area contributed by atoms with Crippen molar-refractivity contribution in [2.75, 3.05) is 14.2 Å². The molecule has 0 aliphatic carbocycles. The van der Waals surface area contributed by atoms with E-state index in [4.69, 9.17) is 9.47 Å². The molecule has 21 heavy (non-hydrogen) atoms. The highest BCUT2D eigenvalue weighted by molar-refractivity contribution is 9.10. The smallest absolute Gasteiger partial charge is 0.161 e. The van der Waals surface area contributed by atoms with E-state index in [1.165, 1.54) is 9.40 Å². The lowest BCUT2D eigenvalue weighted by Gasteiger charge is -2.15. The van der Waals surface area contributed by atoms with E-state index in [9.17, 15) is 5.11 Å². The number of hydrogen-bond acceptors (Lipinski definition) is 5. The van der Waals surface area contributed by atoms with Gasteiger partial charge in [0.1, 0.15) is 6.10 Å². The molecule has 0 aliphatic heterocycles. The molecule has 0 radical (unpaired) electrons. The quantitative estimate of drug-likeness (QED) is 0.700. The third-order valence-electron chi connectivity index (χ3n) is 3.23. The number of ether oxygens (including phenoxy) is 2. The molecule has 0 spiro atoms. The summed E-state index contributed by atoms with van der Waals surface area (Å²) < 4.78 is 13.8. The molecule has 2 heterocycles. The van der Waals surface area contributed by atoms with E-state index < -0.39 is 6.10 Å². The molecule has 6 heteroatoms. The van der Waals surface area contributed by atoms with Gasteiger partial charge in [-0.05, 0) is 29.6 Å². The van der Waals surface area contributed by atoms with Gasteiger partial charge in [-0.25, -0.2) is 0 Å². The Kier molecular flexibility index (Phi) is 4.21. The fourth-order valence-electron chi connectivity index (χ4n) is 2.15.